The van der Waals surface area contributed by atoms with Gasteiger partial charge in [-0.1, -0.05) is 6.92 Å². The van der Waals surface area contributed by atoms with Crippen LogP contribution in [0.5, 0.6) is 0 Å². The van der Waals surface area contributed by atoms with Crippen LogP contribution in [-0.2, 0) is 10.0 Å². The first kappa shape index (κ1) is 14.3. The van der Waals surface area contributed by atoms with Gasteiger partial charge < -0.3 is 5.32 Å². The number of nitrogens with zero attached hydrogens (tertiary/aromatic N) is 1. The maximum atomic E-state index is 12.5. The van der Waals surface area contributed by atoms with Crippen LogP contribution in [0.4, 0.5) is 0 Å². The van der Waals surface area contributed by atoms with Crippen molar-refractivity contribution in [2.45, 2.75) is 57.2 Å². The van der Waals surface area contributed by atoms with Crippen molar-refractivity contribution in [3.63, 3.8) is 0 Å². The normalized spacial score (nSPS) is 22.4. The standard InChI is InChI=1S/C13H26N2O2S/c1-3-8-15(10-12-4-5-12)18(16,17)11(2)9-14-13-6-7-13/h11-14H,3-10H2,1-2H3. The Labute approximate surface area is 111 Å². The summed E-state index contributed by atoms with van der Waals surface area (Å²) in [5.41, 5.74) is 0. The fourth-order valence-electron chi connectivity index (χ4n) is 2.14. The monoisotopic (exact) mass is 274 g/mol. The Bertz CT molecular complexity index is 361. The summed E-state index contributed by atoms with van der Waals surface area (Å²) in [5.74, 6) is 0.620. The second-order valence-electron chi connectivity index (χ2n) is 5.84. The lowest BCUT2D eigenvalue weighted by Crippen LogP contribution is -2.43. The number of hydrogen-bond donors (Lipinski definition) is 1. The van der Waals surface area contributed by atoms with Gasteiger partial charge in [-0.05, 0) is 44.9 Å². The van der Waals surface area contributed by atoms with Crippen LogP contribution in [0.3, 0.4) is 0 Å². The molecule has 4 nitrogen and oxygen atoms in total. The van der Waals surface area contributed by atoms with Gasteiger partial charge in [-0.15, -0.1) is 0 Å². The van der Waals surface area contributed by atoms with E-state index in [1.807, 2.05) is 13.8 Å². The molecule has 1 unspecified atom stereocenters. The molecule has 5 heteroatoms. The smallest absolute Gasteiger partial charge is 0.217 e. The van der Waals surface area contributed by atoms with E-state index in [0.29, 0.717) is 25.0 Å². The van der Waals surface area contributed by atoms with E-state index < -0.39 is 10.0 Å². The van der Waals surface area contributed by atoms with Crippen molar-refractivity contribution < 1.29 is 8.42 Å². The second kappa shape index (κ2) is 5.88. The van der Waals surface area contributed by atoms with Gasteiger partial charge >= 0.3 is 0 Å². The minimum Gasteiger partial charge on any atom is -0.313 e. The predicted molar refractivity (Wildman–Crippen MR) is 74.0 cm³/mol. The summed E-state index contributed by atoms with van der Waals surface area (Å²) in [6.45, 7) is 5.89. The minimum atomic E-state index is -3.12. The summed E-state index contributed by atoms with van der Waals surface area (Å²) in [6, 6.07) is 0.575. The maximum Gasteiger partial charge on any atom is 0.217 e. The Morgan fingerprint density at radius 1 is 1.28 bits per heavy atom. The molecule has 1 atom stereocenters. The maximum absolute atomic E-state index is 12.5. The predicted octanol–water partition coefficient (Wildman–Crippen LogP) is 1.58. The fraction of sp³-hybridized carbons (Fsp3) is 1.00. The van der Waals surface area contributed by atoms with Crippen molar-refractivity contribution in [3.8, 4) is 0 Å². The Balaban J connectivity index is 1.90. The van der Waals surface area contributed by atoms with Crippen molar-refractivity contribution in [2.75, 3.05) is 19.6 Å². The molecular formula is C13H26N2O2S. The summed E-state index contributed by atoms with van der Waals surface area (Å²) in [4.78, 5) is 0. The molecule has 2 saturated carbocycles. The van der Waals surface area contributed by atoms with Crippen molar-refractivity contribution >= 4 is 10.0 Å². The quantitative estimate of drug-likeness (QED) is 0.694. The van der Waals surface area contributed by atoms with Crippen molar-refractivity contribution in [1.82, 2.24) is 9.62 Å². The summed E-state index contributed by atoms with van der Waals surface area (Å²) in [6.07, 6.45) is 5.70. The molecule has 0 bridgehead atoms. The van der Waals surface area contributed by atoms with E-state index in [1.54, 1.807) is 4.31 Å². The first-order valence-corrected chi connectivity index (χ1v) is 8.76. The molecule has 0 aromatic carbocycles. The fourth-order valence-corrected chi connectivity index (χ4v) is 3.81. The summed E-state index contributed by atoms with van der Waals surface area (Å²) < 4.78 is 26.7. The van der Waals surface area contributed by atoms with Gasteiger partial charge in [0, 0.05) is 25.7 Å². The van der Waals surface area contributed by atoms with Crippen LogP contribution in [0.15, 0.2) is 0 Å². The van der Waals surface area contributed by atoms with Gasteiger partial charge in [-0.2, -0.15) is 0 Å². The van der Waals surface area contributed by atoms with E-state index in [-0.39, 0.29) is 5.25 Å². The molecule has 2 aliphatic carbocycles. The highest BCUT2D eigenvalue weighted by Gasteiger charge is 2.34. The first-order chi connectivity index (χ1) is 8.54. The minimum absolute atomic E-state index is 0.302. The average molecular weight is 274 g/mol. The van der Waals surface area contributed by atoms with Gasteiger partial charge in [-0.3, -0.25) is 0 Å². The van der Waals surface area contributed by atoms with E-state index in [4.69, 9.17) is 0 Å². The molecule has 1 N–H and O–H groups in total. The molecule has 2 fully saturated rings. The zero-order chi connectivity index (χ0) is 13.2. The van der Waals surface area contributed by atoms with Crippen LogP contribution in [-0.4, -0.2) is 43.6 Å². The third kappa shape index (κ3) is 3.93. The SMILES string of the molecule is CCCN(CC1CC1)S(=O)(=O)C(C)CNC1CC1. The topological polar surface area (TPSA) is 49.4 Å². The molecule has 0 aliphatic heterocycles. The van der Waals surface area contributed by atoms with Gasteiger partial charge in [0.2, 0.25) is 10.0 Å². The average Bonchev–Trinajstić information content (AvgIpc) is 3.19. The zero-order valence-electron chi connectivity index (χ0n) is 11.6. The van der Waals surface area contributed by atoms with Crippen LogP contribution in [0.2, 0.25) is 0 Å². The first-order valence-electron chi connectivity index (χ1n) is 7.26. The number of sulfonamides is 1. The van der Waals surface area contributed by atoms with E-state index in [1.165, 1.54) is 25.7 Å². The third-order valence-corrected chi connectivity index (χ3v) is 6.01. The molecule has 2 rings (SSSR count). The molecule has 0 spiro atoms. The highest BCUT2D eigenvalue weighted by atomic mass is 32.2. The molecule has 2 aliphatic rings. The van der Waals surface area contributed by atoms with Gasteiger partial charge in [-0.25, -0.2) is 12.7 Å². The van der Waals surface area contributed by atoms with Gasteiger partial charge in [0.25, 0.3) is 0 Å². The van der Waals surface area contributed by atoms with E-state index in [9.17, 15) is 8.42 Å². The van der Waals surface area contributed by atoms with E-state index in [2.05, 4.69) is 5.32 Å². The highest BCUT2D eigenvalue weighted by Crippen LogP contribution is 2.31. The van der Waals surface area contributed by atoms with E-state index >= 15 is 0 Å². The highest BCUT2D eigenvalue weighted by molar-refractivity contribution is 7.89. The van der Waals surface area contributed by atoms with Crippen molar-refractivity contribution in [2.24, 2.45) is 5.92 Å². The van der Waals surface area contributed by atoms with Crippen LogP contribution in [0, 0.1) is 5.92 Å². The molecule has 0 aromatic rings. The van der Waals surface area contributed by atoms with Crippen molar-refractivity contribution in [3.05, 3.63) is 0 Å². The molecule has 0 amide bonds. The Hall–Kier alpha value is -0.130. The number of hydrogen-bond acceptors (Lipinski definition) is 3. The Kier molecular flexibility index (Phi) is 4.67. The van der Waals surface area contributed by atoms with Crippen LogP contribution in [0.1, 0.15) is 46.0 Å². The number of rotatable bonds is 9. The Morgan fingerprint density at radius 3 is 2.44 bits per heavy atom. The lowest BCUT2D eigenvalue weighted by molar-refractivity contribution is 0.388. The number of nitrogens with one attached hydrogen (secondary N) is 1. The molecule has 0 radical (unpaired) electrons. The second-order valence-corrected chi connectivity index (χ2v) is 8.19. The molecular weight excluding hydrogens is 248 g/mol. The third-order valence-electron chi connectivity index (χ3n) is 3.77. The van der Waals surface area contributed by atoms with Gasteiger partial charge in [0.15, 0.2) is 0 Å². The molecule has 18 heavy (non-hydrogen) atoms. The van der Waals surface area contributed by atoms with E-state index in [0.717, 1.165) is 13.0 Å². The molecule has 0 heterocycles. The lowest BCUT2D eigenvalue weighted by atomic mass is 10.4. The zero-order valence-corrected chi connectivity index (χ0v) is 12.4. The van der Waals surface area contributed by atoms with Crippen LogP contribution >= 0.6 is 0 Å². The summed E-state index contributed by atoms with van der Waals surface area (Å²) >= 11 is 0. The largest absolute Gasteiger partial charge is 0.313 e. The van der Waals surface area contributed by atoms with Crippen molar-refractivity contribution in [1.29, 1.82) is 0 Å². The van der Waals surface area contributed by atoms with Gasteiger partial charge in [0.05, 0.1) is 5.25 Å². The molecule has 0 aromatic heterocycles. The Morgan fingerprint density at radius 2 is 1.94 bits per heavy atom. The molecule has 0 saturated heterocycles. The van der Waals surface area contributed by atoms with Gasteiger partial charge in [0.1, 0.15) is 0 Å². The summed E-state index contributed by atoms with van der Waals surface area (Å²) in [5, 5.41) is 3.02. The van der Waals surface area contributed by atoms with Crippen LogP contribution in [0.25, 0.3) is 0 Å². The summed E-state index contributed by atoms with van der Waals surface area (Å²) in [7, 11) is -3.12. The van der Waals surface area contributed by atoms with Crippen LogP contribution < -0.4 is 5.32 Å². The molecule has 106 valence electrons. The lowest BCUT2D eigenvalue weighted by Gasteiger charge is -2.25.